The van der Waals surface area contributed by atoms with Crippen molar-refractivity contribution in [3.63, 3.8) is 0 Å². The second kappa shape index (κ2) is 8.36. The summed E-state index contributed by atoms with van der Waals surface area (Å²) >= 11 is 0. The van der Waals surface area contributed by atoms with Gasteiger partial charge in [0.2, 0.25) is 0 Å². The van der Waals surface area contributed by atoms with E-state index in [0.717, 1.165) is 24.3 Å². The first-order valence-electron chi connectivity index (χ1n) is 8.75. The minimum absolute atomic E-state index is 0.00735. The van der Waals surface area contributed by atoms with Crippen LogP contribution in [0.2, 0.25) is 0 Å². The van der Waals surface area contributed by atoms with E-state index >= 15 is 0 Å². The third kappa shape index (κ3) is 4.68. The van der Waals surface area contributed by atoms with E-state index in [1.807, 2.05) is 0 Å². The molecule has 1 atom stereocenters. The van der Waals surface area contributed by atoms with Crippen molar-refractivity contribution in [3.05, 3.63) is 41.5 Å². The van der Waals surface area contributed by atoms with Gasteiger partial charge in [0.25, 0.3) is 10.0 Å². The smallest absolute Gasteiger partial charge is 0.206 e. The van der Waals surface area contributed by atoms with Crippen LogP contribution in [0.1, 0.15) is 24.0 Å². The first-order chi connectivity index (χ1) is 14.7. The molecule has 1 fully saturated rings. The van der Waals surface area contributed by atoms with Crippen LogP contribution in [-0.2, 0) is 16.2 Å². The molecular weight excluding hydrogens is 510 g/mol. The third-order valence-electron chi connectivity index (χ3n) is 4.75. The lowest BCUT2D eigenvalue weighted by molar-refractivity contribution is -0.382. The van der Waals surface area contributed by atoms with Crippen molar-refractivity contribution in [2.45, 2.75) is 48.3 Å². The van der Waals surface area contributed by atoms with Crippen LogP contribution in [0.15, 0.2) is 30.3 Å². The van der Waals surface area contributed by atoms with Crippen LogP contribution in [0.4, 0.5) is 52.7 Å². The lowest BCUT2D eigenvalue weighted by Crippen LogP contribution is -2.65. The van der Waals surface area contributed by atoms with Gasteiger partial charge in [0.1, 0.15) is 0 Å². The van der Waals surface area contributed by atoms with Crippen molar-refractivity contribution < 1.29 is 61.1 Å². The predicted molar refractivity (Wildman–Crippen MR) is 90.0 cm³/mol. The first kappa shape index (κ1) is 27.3. The Morgan fingerprint density at radius 3 is 1.79 bits per heavy atom. The van der Waals surface area contributed by atoms with E-state index in [4.69, 9.17) is 0 Å². The maximum absolute atomic E-state index is 14.1. The Morgan fingerprint density at radius 2 is 1.33 bits per heavy atom. The fourth-order valence-electron chi connectivity index (χ4n) is 2.93. The maximum Gasteiger partial charge on any atom is 0.460 e. The maximum atomic E-state index is 14.1. The van der Waals surface area contributed by atoms with Gasteiger partial charge in [0.05, 0.1) is 5.56 Å². The van der Waals surface area contributed by atoms with Gasteiger partial charge in [-0.15, -0.1) is 0 Å². The number of alkyl halides is 12. The molecule has 0 radical (unpaired) electrons. The topological polar surface area (TPSA) is 37.4 Å². The Kier molecular flexibility index (Phi) is 6.91. The van der Waals surface area contributed by atoms with Crippen LogP contribution >= 0.6 is 0 Å². The van der Waals surface area contributed by atoms with E-state index in [2.05, 4.69) is 0 Å². The average molecular weight is 523 g/mol. The summed E-state index contributed by atoms with van der Waals surface area (Å²) in [7, 11) is -6.75. The summed E-state index contributed by atoms with van der Waals surface area (Å²) in [6.45, 7) is -0.895. The van der Waals surface area contributed by atoms with Crippen molar-refractivity contribution in [2.75, 3.05) is 6.54 Å². The van der Waals surface area contributed by atoms with E-state index in [9.17, 15) is 61.1 Å². The molecule has 1 saturated heterocycles. The molecular formula is C17H13F12NO2S. The Balaban J connectivity index is 2.35. The summed E-state index contributed by atoms with van der Waals surface area (Å²) in [5.74, 6) is -14.7. The second-order valence-corrected chi connectivity index (χ2v) is 8.90. The molecule has 0 saturated carbocycles. The van der Waals surface area contributed by atoms with Gasteiger partial charge in [0, 0.05) is 12.6 Å². The summed E-state index contributed by atoms with van der Waals surface area (Å²) in [5.41, 5.74) is -1.04. The quantitative estimate of drug-likeness (QED) is 0.433. The van der Waals surface area contributed by atoms with E-state index in [-0.39, 0.29) is 22.7 Å². The third-order valence-corrected chi connectivity index (χ3v) is 6.72. The molecule has 1 aromatic carbocycles. The Hall–Kier alpha value is -1.97. The van der Waals surface area contributed by atoms with Gasteiger partial charge in [-0.05, 0) is 30.5 Å². The molecule has 1 aliphatic heterocycles. The van der Waals surface area contributed by atoms with Crippen LogP contribution in [0.25, 0.3) is 6.08 Å². The Morgan fingerprint density at radius 1 is 0.818 bits per heavy atom. The van der Waals surface area contributed by atoms with Gasteiger partial charge in [-0.25, -0.2) is 8.42 Å². The highest BCUT2D eigenvalue weighted by Gasteiger charge is 2.86. The van der Waals surface area contributed by atoms with Gasteiger partial charge in [-0.3, -0.25) is 0 Å². The second-order valence-electron chi connectivity index (χ2n) is 6.97. The summed E-state index contributed by atoms with van der Waals surface area (Å²) < 4.78 is 180. The number of nitrogens with zero attached hydrogens (tertiary/aromatic N) is 1. The van der Waals surface area contributed by atoms with Gasteiger partial charge in [-0.2, -0.15) is 57.0 Å². The van der Waals surface area contributed by atoms with E-state index in [0.29, 0.717) is 12.1 Å². The van der Waals surface area contributed by atoms with Crippen LogP contribution < -0.4 is 0 Å². The molecule has 0 amide bonds. The molecule has 33 heavy (non-hydrogen) atoms. The number of halogens is 12. The van der Waals surface area contributed by atoms with Crippen LogP contribution in [0.5, 0.6) is 0 Å². The van der Waals surface area contributed by atoms with E-state index < -0.39 is 57.6 Å². The lowest BCUT2D eigenvalue weighted by Gasteiger charge is -2.35. The normalized spacial score (nSPS) is 20.1. The minimum atomic E-state index is -7.37. The highest BCUT2D eigenvalue weighted by atomic mass is 32.2. The zero-order chi connectivity index (χ0) is 25.7. The summed E-state index contributed by atoms with van der Waals surface area (Å²) in [6.07, 6.45) is -10.6. The summed E-state index contributed by atoms with van der Waals surface area (Å²) in [4.78, 5) is 0. The molecule has 0 N–H and O–H groups in total. The number of benzene rings is 1. The molecule has 188 valence electrons. The van der Waals surface area contributed by atoms with E-state index in [1.54, 1.807) is 0 Å². The first-order valence-corrected chi connectivity index (χ1v) is 10.2. The molecule has 0 aliphatic carbocycles. The molecule has 16 heteroatoms. The number of hydrogen-bond acceptors (Lipinski definition) is 2. The number of rotatable bonds is 6. The highest BCUT2D eigenvalue weighted by molar-refractivity contribution is 7.90. The molecule has 2 rings (SSSR count). The summed E-state index contributed by atoms with van der Waals surface area (Å²) in [6, 6.07) is 1.45. The van der Waals surface area contributed by atoms with Crippen LogP contribution in [-0.4, -0.2) is 48.6 Å². The zero-order valence-corrected chi connectivity index (χ0v) is 16.7. The van der Waals surface area contributed by atoms with Crippen LogP contribution in [0, 0.1) is 0 Å². The fraction of sp³-hybridized carbons (Fsp3) is 0.529. The van der Waals surface area contributed by atoms with Crippen LogP contribution in [0.3, 0.4) is 0 Å². The number of sulfonamides is 1. The molecule has 0 spiro atoms. The molecule has 1 heterocycles. The minimum Gasteiger partial charge on any atom is -0.206 e. The summed E-state index contributed by atoms with van der Waals surface area (Å²) in [5, 5.41) is -6.84. The molecule has 3 nitrogen and oxygen atoms in total. The zero-order valence-electron chi connectivity index (χ0n) is 15.9. The SMILES string of the molecule is O=S(=O)(N1CCC[C@H]1/C=C/c1ccc(C(F)(F)F)cc1)C(F)(F)C(F)(F)C(F)(F)C(F)(F)F. The van der Waals surface area contributed by atoms with Crippen molar-refractivity contribution in [3.8, 4) is 0 Å². The largest absolute Gasteiger partial charge is 0.460 e. The molecule has 0 aromatic heterocycles. The van der Waals surface area contributed by atoms with Crippen molar-refractivity contribution >= 4 is 16.1 Å². The fourth-order valence-corrected chi connectivity index (χ4v) is 4.58. The van der Waals surface area contributed by atoms with E-state index in [1.165, 1.54) is 0 Å². The predicted octanol–water partition coefficient (Wildman–Crippen LogP) is 5.94. The molecule has 1 aliphatic rings. The molecule has 0 unspecified atom stereocenters. The van der Waals surface area contributed by atoms with Gasteiger partial charge in [0.15, 0.2) is 0 Å². The lowest BCUT2D eigenvalue weighted by atomic mass is 10.1. The van der Waals surface area contributed by atoms with Crippen molar-refractivity contribution in [1.82, 2.24) is 4.31 Å². The Bertz CT molecular complexity index is 981. The molecule has 1 aromatic rings. The highest BCUT2D eigenvalue weighted by Crippen LogP contribution is 2.55. The van der Waals surface area contributed by atoms with Crippen molar-refractivity contribution in [2.24, 2.45) is 0 Å². The number of hydrogen-bond donors (Lipinski definition) is 0. The van der Waals surface area contributed by atoms with Crippen molar-refractivity contribution in [1.29, 1.82) is 0 Å². The van der Waals surface area contributed by atoms with Gasteiger partial charge in [-0.1, -0.05) is 24.3 Å². The van der Waals surface area contributed by atoms with Gasteiger partial charge >= 0.3 is 29.5 Å². The Labute approximate surface area is 178 Å². The standard InChI is InChI=1S/C17H13F12NO2S/c18-13(19,20)11-6-3-10(4-7-11)5-8-12-2-1-9-30(12)33(31,32)17(28,29)15(23,24)14(21,22)16(25,26)27/h3-8,12H,1-2,9H2/b8-5+/t12-/m0/s1. The average Bonchev–Trinajstić information content (AvgIpc) is 3.14. The molecule has 0 bridgehead atoms. The monoisotopic (exact) mass is 523 g/mol. The van der Waals surface area contributed by atoms with Gasteiger partial charge < -0.3 is 0 Å².